The Morgan fingerprint density at radius 3 is 2.78 bits per heavy atom. The molecule has 0 aliphatic rings. The summed E-state index contributed by atoms with van der Waals surface area (Å²) in [6, 6.07) is 5.89. The van der Waals surface area contributed by atoms with E-state index in [2.05, 4.69) is 10.3 Å². The van der Waals surface area contributed by atoms with E-state index in [4.69, 9.17) is 0 Å². The highest BCUT2D eigenvalue weighted by Gasteiger charge is 2.14. The van der Waals surface area contributed by atoms with Crippen LogP contribution >= 0.6 is 0 Å². The van der Waals surface area contributed by atoms with Gasteiger partial charge in [0, 0.05) is 18.1 Å². The van der Waals surface area contributed by atoms with E-state index in [1.54, 1.807) is 18.5 Å². The zero-order valence-electron chi connectivity index (χ0n) is 9.71. The third-order valence-corrected chi connectivity index (χ3v) is 2.53. The lowest BCUT2D eigenvalue weighted by Gasteiger charge is -2.09. The number of amides is 1. The first kappa shape index (κ1) is 11.9. The quantitative estimate of drug-likeness (QED) is 0.706. The van der Waals surface area contributed by atoms with Gasteiger partial charge in [-0.3, -0.25) is 9.78 Å². The van der Waals surface area contributed by atoms with Crippen LogP contribution in [-0.4, -0.2) is 21.1 Å². The maximum absolute atomic E-state index is 11.9. The molecule has 18 heavy (non-hydrogen) atoms. The fourth-order valence-electron chi connectivity index (χ4n) is 1.52. The third-order valence-electron chi connectivity index (χ3n) is 2.53. The zero-order chi connectivity index (χ0) is 13.1. The van der Waals surface area contributed by atoms with Gasteiger partial charge in [0.1, 0.15) is 0 Å². The van der Waals surface area contributed by atoms with Crippen LogP contribution in [0.15, 0.2) is 36.7 Å². The van der Waals surface area contributed by atoms with Gasteiger partial charge in [0.05, 0.1) is 5.56 Å². The lowest BCUT2D eigenvalue weighted by Crippen LogP contribution is -2.13. The number of carbonyl (C=O) groups excluding carboxylic acids is 1. The van der Waals surface area contributed by atoms with E-state index in [9.17, 15) is 15.0 Å². The molecule has 1 amide bonds. The number of benzene rings is 1. The number of carbonyl (C=O) groups is 1. The predicted molar refractivity (Wildman–Crippen MR) is 66.7 cm³/mol. The topological polar surface area (TPSA) is 82.5 Å². The first-order valence-electron chi connectivity index (χ1n) is 5.32. The lowest BCUT2D eigenvalue weighted by molar-refractivity contribution is 0.102. The molecule has 0 bridgehead atoms. The molecule has 5 nitrogen and oxygen atoms in total. The largest absolute Gasteiger partial charge is 0.504 e. The van der Waals surface area contributed by atoms with E-state index in [-0.39, 0.29) is 11.3 Å². The Hall–Kier alpha value is -2.56. The van der Waals surface area contributed by atoms with Crippen LogP contribution in [0.5, 0.6) is 11.5 Å². The minimum atomic E-state index is -0.488. The van der Waals surface area contributed by atoms with Crippen molar-refractivity contribution in [3.8, 4) is 11.5 Å². The van der Waals surface area contributed by atoms with Crippen LogP contribution in [0.25, 0.3) is 0 Å². The molecule has 0 radical (unpaired) electrons. The highest BCUT2D eigenvalue weighted by Crippen LogP contribution is 2.28. The van der Waals surface area contributed by atoms with Gasteiger partial charge in [-0.2, -0.15) is 0 Å². The molecule has 92 valence electrons. The second-order valence-corrected chi connectivity index (χ2v) is 3.82. The van der Waals surface area contributed by atoms with Crippen LogP contribution in [0, 0.1) is 6.92 Å². The molecule has 2 rings (SSSR count). The number of aromatic nitrogens is 1. The molecule has 0 saturated carbocycles. The monoisotopic (exact) mass is 244 g/mol. The predicted octanol–water partition coefficient (Wildman–Crippen LogP) is 2.05. The van der Waals surface area contributed by atoms with Crippen molar-refractivity contribution in [3.63, 3.8) is 0 Å². The Morgan fingerprint density at radius 1 is 1.28 bits per heavy atom. The van der Waals surface area contributed by atoms with Gasteiger partial charge in [0.15, 0.2) is 11.5 Å². The molecule has 0 saturated heterocycles. The van der Waals surface area contributed by atoms with Gasteiger partial charge in [-0.25, -0.2) is 0 Å². The molecule has 0 atom stereocenters. The molecule has 0 aliphatic carbocycles. The fraction of sp³-hybridized carbons (Fsp3) is 0.0769. The number of phenols is 2. The summed E-state index contributed by atoms with van der Waals surface area (Å²) in [6.45, 7) is 1.81. The van der Waals surface area contributed by atoms with E-state index in [1.165, 1.54) is 18.2 Å². The molecule has 0 spiro atoms. The van der Waals surface area contributed by atoms with Crippen LogP contribution in [0.3, 0.4) is 0 Å². The molecule has 0 fully saturated rings. The molecule has 1 aromatic carbocycles. The van der Waals surface area contributed by atoms with Crippen molar-refractivity contribution in [2.45, 2.75) is 6.92 Å². The summed E-state index contributed by atoms with van der Waals surface area (Å²) in [7, 11) is 0. The number of hydrogen-bond acceptors (Lipinski definition) is 4. The smallest absolute Gasteiger partial charge is 0.259 e. The Labute approximate surface area is 104 Å². The second-order valence-electron chi connectivity index (χ2n) is 3.82. The number of phenolic OH excluding ortho intramolecular Hbond substituents is 2. The van der Waals surface area contributed by atoms with E-state index in [0.717, 1.165) is 5.56 Å². The lowest BCUT2D eigenvalue weighted by atomic mass is 10.1. The van der Waals surface area contributed by atoms with E-state index < -0.39 is 11.7 Å². The SMILES string of the molecule is Cc1cnccc1NC(=O)c1cccc(O)c1O. The number of pyridine rings is 1. The number of hydrogen-bond donors (Lipinski definition) is 3. The van der Waals surface area contributed by atoms with Gasteiger partial charge in [0.2, 0.25) is 0 Å². The number of para-hydroxylation sites is 1. The van der Waals surface area contributed by atoms with E-state index in [0.29, 0.717) is 5.69 Å². The molecule has 3 N–H and O–H groups in total. The Kier molecular flexibility index (Phi) is 3.14. The fourth-order valence-corrected chi connectivity index (χ4v) is 1.52. The van der Waals surface area contributed by atoms with Crippen molar-refractivity contribution in [3.05, 3.63) is 47.8 Å². The van der Waals surface area contributed by atoms with Crippen LogP contribution in [-0.2, 0) is 0 Å². The molecule has 1 heterocycles. The van der Waals surface area contributed by atoms with Crippen molar-refractivity contribution < 1.29 is 15.0 Å². The number of anilines is 1. The van der Waals surface area contributed by atoms with Gasteiger partial charge in [-0.1, -0.05) is 6.07 Å². The molecular weight excluding hydrogens is 232 g/mol. The first-order chi connectivity index (χ1) is 8.59. The maximum Gasteiger partial charge on any atom is 0.259 e. The van der Waals surface area contributed by atoms with E-state index in [1.807, 2.05) is 6.92 Å². The number of aromatic hydroxyl groups is 2. The summed E-state index contributed by atoms with van der Waals surface area (Å²) in [5, 5.41) is 21.6. The minimum absolute atomic E-state index is 0.0196. The van der Waals surface area contributed by atoms with Crippen molar-refractivity contribution >= 4 is 11.6 Å². The number of nitrogens with one attached hydrogen (secondary N) is 1. The van der Waals surface area contributed by atoms with Crippen LogP contribution in [0.2, 0.25) is 0 Å². The zero-order valence-corrected chi connectivity index (χ0v) is 9.71. The van der Waals surface area contributed by atoms with Gasteiger partial charge in [-0.05, 0) is 30.7 Å². The van der Waals surface area contributed by atoms with Crippen LogP contribution in [0.4, 0.5) is 5.69 Å². The van der Waals surface area contributed by atoms with Gasteiger partial charge in [0.25, 0.3) is 5.91 Å². The van der Waals surface area contributed by atoms with Crippen molar-refractivity contribution in [2.75, 3.05) is 5.32 Å². The summed E-state index contributed by atoms with van der Waals surface area (Å²) >= 11 is 0. The summed E-state index contributed by atoms with van der Waals surface area (Å²) in [6.07, 6.45) is 3.18. The molecule has 2 aromatic rings. The van der Waals surface area contributed by atoms with Crippen molar-refractivity contribution in [1.29, 1.82) is 0 Å². The maximum atomic E-state index is 11.9. The van der Waals surface area contributed by atoms with Crippen molar-refractivity contribution in [2.24, 2.45) is 0 Å². The summed E-state index contributed by atoms with van der Waals surface area (Å²) in [4.78, 5) is 15.9. The van der Waals surface area contributed by atoms with Crippen LogP contribution < -0.4 is 5.32 Å². The molecule has 0 unspecified atom stereocenters. The Morgan fingerprint density at radius 2 is 2.06 bits per heavy atom. The van der Waals surface area contributed by atoms with Gasteiger partial charge < -0.3 is 15.5 Å². The summed E-state index contributed by atoms with van der Waals surface area (Å²) in [5.74, 6) is -1.24. The normalized spacial score (nSPS) is 10.1. The Bertz CT molecular complexity index is 597. The molecule has 5 heteroatoms. The third kappa shape index (κ3) is 2.24. The number of nitrogens with zero attached hydrogens (tertiary/aromatic N) is 1. The highest BCUT2D eigenvalue weighted by atomic mass is 16.3. The summed E-state index contributed by atoms with van der Waals surface area (Å²) in [5.41, 5.74) is 1.44. The van der Waals surface area contributed by atoms with Crippen LogP contribution in [0.1, 0.15) is 15.9 Å². The summed E-state index contributed by atoms with van der Waals surface area (Å²) < 4.78 is 0. The number of rotatable bonds is 2. The standard InChI is InChI=1S/C13H12N2O3/c1-8-7-14-6-5-10(8)15-13(18)9-3-2-4-11(16)12(9)17/h2-7,16-17H,1H3,(H,14,15,18). The highest BCUT2D eigenvalue weighted by molar-refractivity contribution is 6.06. The minimum Gasteiger partial charge on any atom is -0.504 e. The van der Waals surface area contributed by atoms with Crippen molar-refractivity contribution in [1.82, 2.24) is 4.98 Å². The average Bonchev–Trinajstić information content (AvgIpc) is 2.35. The molecule has 0 aliphatic heterocycles. The molecule has 1 aromatic heterocycles. The van der Waals surface area contributed by atoms with Gasteiger partial charge >= 0.3 is 0 Å². The average molecular weight is 244 g/mol. The first-order valence-corrected chi connectivity index (χ1v) is 5.32. The number of aryl methyl sites for hydroxylation is 1. The molecular formula is C13H12N2O3. The van der Waals surface area contributed by atoms with Gasteiger partial charge in [-0.15, -0.1) is 0 Å². The van der Waals surface area contributed by atoms with E-state index >= 15 is 0 Å². The second kappa shape index (κ2) is 4.75. The Balaban J connectivity index is 2.28.